The lowest BCUT2D eigenvalue weighted by Crippen LogP contribution is -2.14. The lowest BCUT2D eigenvalue weighted by atomic mass is 9.82. The standard InChI is InChI=1S/C52H37N3/c1-52(2)45-24-13-12-23-41(45)43-30-44-42(31-47(53-50(44)32-46(43)52)38-27-25-35(26-28-38)34-15-6-3-7-16-34)39-21-14-22-40(29-39)51-54-48(36-17-8-4-9-18-36)33-49(55-51)37-19-10-5-11-20-37/h3-33H,1-2H3. The molecule has 2 aromatic heterocycles. The molecule has 2 heterocycles. The van der Waals surface area contributed by atoms with Gasteiger partial charge < -0.3 is 0 Å². The monoisotopic (exact) mass is 703 g/mol. The van der Waals surface area contributed by atoms with Gasteiger partial charge in [0.1, 0.15) is 0 Å². The highest BCUT2D eigenvalue weighted by atomic mass is 14.9. The fourth-order valence-corrected chi connectivity index (χ4v) is 8.19. The minimum atomic E-state index is -0.132. The van der Waals surface area contributed by atoms with E-state index in [1.807, 2.05) is 12.1 Å². The molecule has 9 aromatic rings. The van der Waals surface area contributed by atoms with E-state index in [1.54, 1.807) is 0 Å². The molecule has 1 aliphatic rings. The number of hydrogen-bond donors (Lipinski definition) is 0. The summed E-state index contributed by atoms with van der Waals surface area (Å²) in [5, 5.41) is 1.12. The molecule has 7 aromatic carbocycles. The van der Waals surface area contributed by atoms with E-state index in [-0.39, 0.29) is 5.41 Å². The second-order valence-corrected chi connectivity index (χ2v) is 14.9. The van der Waals surface area contributed by atoms with Crippen LogP contribution in [0.3, 0.4) is 0 Å². The third-order valence-electron chi connectivity index (χ3n) is 11.1. The van der Waals surface area contributed by atoms with Crippen LogP contribution in [-0.4, -0.2) is 15.0 Å². The Labute approximate surface area is 321 Å². The van der Waals surface area contributed by atoms with E-state index >= 15 is 0 Å². The molecular weight excluding hydrogens is 667 g/mol. The summed E-state index contributed by atoms with van der Waals surface area (Å²) in [4.78, 5) is 15.7. The Morgan fingerprint density at radius 2 is 0.836 bits per heavy atom. The summed E-state index contributed by atoms with van der Waals surface area (Å²) in [7, 11) is 0. The Bertz CT molecular complexity index is 2800. The van der Waals surface area contributed by atoms with Crippen molar-refractivity contribution in [2.75, 3.05) is 0 Å². The van der Waals surface area contributed by atoms with E-state index in [2.05, 4.69) is 190 Å². The lowest BCUT2D eigenvalue weighted by molar-refractivity contribution is 0.661. The van der Waals surface area contributed by atoms with Crippen molar-refractivity contribution in [3.05, 3.63) is 199 Å². The maximum atomic E-state index is 5.39. The molecule has 0 saturated heterocycles. The van der Waals surface area contributed by atoms with Gasteiger partial charge in [0.15, 0.2) is 5.82 Å². The van der Waals surface area contributed by atoms with Crippen LogP contribution in [0.1, 0.15) is 25.0 Å². The second-order valence-electron chi connectivity index (χ2n) is 14.9. The van der Waals surface area contributed by atoms with Crippen LogP contribution in [-0.2, 0) is 5.41 Å². The molecule has 0 amide bonds. The summed E-state index contributed by atoms with van der Waals surface area (Å²) in [6.45, 7) is 4.65. The second kappa shape index (κ2) is 13.2. The van der Waals surface area contributed by atoms with E-state index in [9.17, 15) is 0 Å². The Morgan fingerprint density at radius 3 is 1.51 bits per heavy atom. The van der Waals surface area contributed by atoms with Gasteiger partial charge in [-0.15, -0.1) is 0 Å². The van der Waals surface area contributed by atoms with Gasteiger partial charge in [0.05, 0.1) is 22.6 Å². The number of hydrogen-bond acceptors (Lipinski definition) is 3. The summed E-state index contributed by atoms with van der Waals surface area (Å²) in [5.41, 5.74) is 17.6. The zero-order chi connectivity index (χ0) is 36.9. The Balaban J connectivity index is 1.16. The maximum absolute atomic E-state index is 5.39. The van der Waals surface area contributed by atoms with E-state index in [0.717, 1.165) is 61.4 Å². The minimum Gasteiger partial charge on any atom is -0.248 e. The summed E-state index contributed by atoms with van der Waals surface area (Å²) < 4.78 is 0. The summed E-state index contributed by atoms with van der Waals surface area (Å²) in [6, 6.07) is 66.5. The van der Waals surface area contributed by atoms with Crippen molar-refractivity contribution in [2.24, 2.45) is 0 Å². The molecular formula is C52H37N3. The van der Waals surface area contributed by atoms with Crippen molar-refractivity contribution in [3.63, 3.8) is 0 Å². The van der Waals surface area contributed by atoms with Gasteiger partial charge in [-0.3, -0.25) is 0 Å². The zero-order valence-electron chi connectivity index (χ0n) is 30.7. The molecule has 3 nitrogen and oxygen atoms in total. The third kappa shape index (κ3) is 5.82. The van der Waals surface area contributed by atoms with E-state index in [0.29, 0.717) is 5.82 Å². The fraction of sp³-hybridized carbons (Fsp3) is 0.0577. The van der Waals surface area contributed by atoms with Crippen LogP contribution < -0.4 is 0 Å². The molecule has 0 aliphatic heterocycles. The third-order valence-corrected chi connectivity index (χ3v) is 11.1. The van der Waals surface area contributed by atoms with Gasteiger partial charge in [-0.2, -0.15) is 0 Å². The largest absolute Gasteiger partial charge is 0.248 e. The van der Waals surface area contributed by atoms with Crippen molar-refractivity contribution >= 4 is 10.9 Å². The van der Waals surface area contributed by atoms with Crippen molar-refractivity contribution in [3.8, 4) is 78.5 Å². The summed E-state index contributed by atoms with van der Waals surface area (Å²) >= 11 is 0. The van der Waals surface area contributed by atoms with Crippen molar-refractivity contribution in [2.45, 2.75) is 19.3 Å². The minimum absolute atomic E-state index is 0.132. The molecule has 0 N–H and O–H groups in total. The highest BCUT2D eigenvalue weighted by Gasteiger charge is 2.35. The van der Waals surface area contributed by atoms with Crippen LogP contribution in [0.15, 0.2) is 188 Å². The van der Waals surface area contributed by atoms with Crippen LogP contribution in [0.2, 0.25) is 0 Å². The van der Waals surface area contributed by atoms with Crippen molar-refractivity contribution in [1.29, 1.82) is 0 Å². The number of aromatic nitrogens is 3. The van der Waals surface area contributed by atoms with Gasteiger partial charge in [-0.05, 0) is 74.8 Å². The first kappa shape index (κ1) is 32.7. The van der Waals surface area contributed by atoms with Gasteiger partial charge >= 0.3 is 0 Å². The van der Waals surface area contributed by atoms with Crippen molar-refractivity contribution < 1.29 is 0 Å². The smallest absolute Gasteiger partial charge is 0.160 e. The van der Waals surface area contributed by atoms with Gasteiger partial charge in [0.2, 0.25) is 0 Å². The summed E-state index contributed by atoms with van der Waals surface area (Å²) in [5.74, 6) is 0.689. The zero-order valence-corrected chi connectivity index (χ0v) is 30.7. The van der Waals surface area contributed by atoms with Crippen LogP contribution in [0.4, 0.5) is 0 Å². The molecule has 0 bridgehead atoms. The lowest BCUT2D eigenvalue weighted by Gasteiger charge is -2.22. The molecule has 0 saturated carbocycles. The van der Waals surface area contributed by atoms with E-state index in [1.165, 1.54) is 33.4 Å². The molecule has 0 fully saturated rings. The van der Waals surface area contributed by atoms with E-state index in [4.69, 9.17) is 15.0 Å². The predicted molar refractivity (Wildman–Crippen MR) is 228 cm³/mol. The van der Waals surface area contributed by atoms with Crippen LogP contribution in [0.5, 0.6) is 0 Å². The highest BCUT2D eigenvalue weighted by Crippen LogP contribution is 2.50. The molecule has 10 rings (SSSR count). The Morgan fingerprint density at radius 1 is 0.327 bits per heavy atom. The molecule has 0 spiro atoms. The van der Waals surface area contributed by atoms with Gasteiger partial charge in [-0.1, -0.05) is 172 Å². The molecule has 0 atom stereocenters. The highest BCUT2D eigenvalue weighted by molar-refractivity contribution is 6.02. The average Bonchev–Trinajstić information content (AvgIpc) is 3.48. The molecule has 3 heteroatoms. The molecule has 0 unspecified atom stereocenters. The topological polar surface area (TPSA) is 38.7 Å². The average molecular weight is 704 g/mol. The predicted octanol–water partition coefficient (Wildman–Crippen LogP) is 13.3. The quantitative estimate of drug-likeness (QED) is 0.173. The Kier molecular flexibility index (Phi) is 7.81. The number of nitrogens with zero attached hydrogens (tertiary/aromatic N) is 3. The van der Waals surface area contributed by atoms with Gasteiger partial charge in [-0.25, -0.2) is 15.0 Å². The first-order valence-corrected chi connectivity index (χ1v) is 18.9. The van der Waals surface area contributed by atoms with Crippen LogP contribution in [0, 0.1) is 0 Å². The van der Waals surface area contributed by atoms with Gasteiger partial charge in [0, 0.05) is 33.1 Å². The maximum Gasteiger partial charge on any atom is 0.160 e. The molecule has 55 heavy (non-hydrogen) atoms. The van der Waals surface area contributed by atoms with Gasteiger partial charge in [0.25, 0.3) is 0 Å². The number of rotatable bonds is 6. The summed E-state index contributed by atoms with van der Waals surface area (Å²) in [6.07, 6.45) is 0. The van der Waals surface area contributed by atoms with Crippen molar-refractivity contribution in [1.82, 2.24) is 15.0 Å². The first-order valence-electron chi connectivity index (χ1n) is 18.9. The number of benzene rings is 7. The fourth-order valence-electron chi connectivity index (χ4n) is 8.19. The SMILES string of the molecule is CC1(C)c2ccccc2-c2cc3c(-c4cccc(-c5nc(-c6ccccc6)cc(-c6ccccc6)n5)c4)cc(-c4ccc(-c5ccccc5)cc4)nc3cc21. The first-order chi connectivity index (χ1) is 27.0. The normalized spacial score (nSPS) is 12.7. The number of fused-ring (bicyclic) bond motifs is 4. The molecule has 1 aliphatic carbocycles. The number of pyridine rings is 1. The van der Waals surface area contributed by atoms with E-state index < -0.39 is 0 Å². The Hall–Kier alpha value is -6.97. The van der Waals surface area contributed by atoms with Crippen LogP contribution in [0.25, 0.3) is 89.4 Å². The van der Waals surface area contributed by atoms with Crippen LogP contribution >= 0.6 is 0 Å². The molecule has 0 radical (unpaired) electrons. The molecule has 260 valence electrons.